The lowest BCUT2D eigenvalue weighted by atomic mass is 10.0. The summed E-state index contributed by atoms with van der Waals surface area (Å²) < 4.78 is 5.97. The summed E-state index contributed by atoms with van der Waals surface area (Å²) in [7, 11) is 0. The Balaban J connectivity index is 1.68. The minimum absolute atomic E-state index is 0.119. The molecule has 4 rings (SSSR count). The highest BCUT2D eigenvalue weighted by atomic mass is 35.5. The van der Waals surface area contributed by atoms with Crippen molar-refractivity contribution in [2.75, 3.05) is 11.4 Å². The van der Waals surface area contributed by atoms with Crippen LogP contribution in [0.5, 0.6) is 17.2 Å². The number of rotatable bonds is 7. The fraction of sp³-hybridized carbons (Fsp3) is 0.0385. The summed E-state index contributed by atoms with van der Waals surface area (Å²) in [4.78, 5) is 13.1. The molecule has 0 amide bonds. The zero-order valence-electron chi connectivity index (χ0n) is 17.3. The lowest BCUT2D eigenvalue weighted by Crippen LogP contribution is -2.24. The Hall–Kier alpha value is -3.67. The number of hydrogen-bond donors (Lipinski definition) is 2. The molecule has 5 nitrogen and oxygen atoms in total. The number of carboxylic acids is 1. The molecule has 2 N–H and O–H groups in total. The average molecular weight is 480 g/mol. The second-order valence-electron chi connectivity index (χ2n) is 7.20. The van der Waals surface area contributed by atoms with E-state index in [-0.39, 0.29) is 28.1 Å². The van der Waals surface area contributed by atoms with Crippen LogP contribution in [0.25, 0.3) is 11.1 Å². The number of phenolic OH excluding ortho intramolecular Hbond substituents is 1. The van der Waals surface area contributed by atoms with Gasteiger partial charge in [-0.15, -0.1) is 0 Å². The molecule has 0 aromatic heterocycles. The van der Waals surface area contributed by atoms with Crippen molar-refractivity contribution in [2.45, 2.75) is 0 Å². The van der Waals surface area contributed by atoms with E-state index in [1.165, 1.54) is 6.07 Å². The number of benzene rings is 4. The fourth-order valence-corrected chi connectivity index (χ4v) is 3.97. The molecule has 7 heteroatoms. The Kier molecular flexibility index (Phi) is 6.73. The van der Waals surface area contributed by atoms with E-state index < -0.39 is 5.97 Å². The van der Waals surface area contributed by atoms with E-state index >= 15 is 0 Å². The van der Waals surface area contributed by atoms with Gasteiger partial charge in [-0.25, -0.2) is 0 Å². The van der Waals surface area contributed by atoms with Crippen molar-refractivity contribution in [3.8, 4) is 28.4 Å². The molecule has 4 aromatic carbocycles. The van der Waals surface area contributed by atoms with Gasteiger partial charge in [0.15, 0.2) is 5.75 Å². The summed E-state index contributed by atoms with van der Waals surface area (Å²) in [6.45, 7) is -0.269. The lowest BCUT2D eigenvalue weighted by Gasteiger charge is -2.24. The summed E-state index contributed by atoms with van der Waals surface area (Å²) in [5.74, 6) is -0.207. The van der Waals surface area contributed by atoms with Gasteiger partial charge in [-0.2, -0.15) is 0 Å². The molecule has 33 heavy (non-hydrogen) atoms. The number of hydrogen-bond acceptors (Lipinski definition) is 4. The van der Waals surface area contributed by atoms with E-state index in [0.29, 0.717) is 22.7 Å². The SMILES string of the molecule is O=C(O)CN(c1ccccc1)c1cc(Cl)c(Oc2ccc(O)c(-c3ccccc3)c2)c(Cl)c1. The van der Waals surface area contributed by atoms with E-state index in [4.69, 9.17) is 27.9 Å². The van der Waals surface area contributed by atoms with E-state index in [9.17, 15) is 15.0 Å². The molecule has 0 aliphatic rings. The predicted molar refractivity (Wildman–Crippen MR) is 131 cm³/mol. The molecule has 0 radical (unpaired) electrons. The van der Waals surface area contributed by atoms with Crippen LogP contribution in [0.2, 0.25) is 10.0 Å². The van der Waals surface area contributed by atoms with Crippen molar-refractivity contribution in [1.82, 2.24) is 0 Å². The first-order valence-corrected chi connectivity index (χ1v) is 10.8. The number of nitrogens with zero attached hydrogens (tertiary/aromatic N) is 1. The van der Waals surface area contributed by atoms with E-state index in [2.05, 4.69) is 0 Å². The van der Waals surface area contributed by atoms with Gasteiger partial charge in [-0.3, -0.25) is 4.79 Å². The minimum Gasteiger partial charge on any atom is -0.507 e. The molecule has 0 bridgehead atoms. The maximum absolute atomic E-state index is 11.5. The third-order valence-electron chi connectivity index (χ3n) is 4.93. The lowest BCUT2D eigenvalue weighted by molar-refractivity contribution is -0.135. The molecule has 0 saturated carbocycles. The first-order chi connectivity index (χ1) is 15.9. The molecule has 0 unspecified atom stereocenters. The van der Waals surface area contributed by atoms with Crippen LogP contribution in [-0.2, 0) is 4.79 Å². The van der Waals surface area contributed by atoms with Gasteiger partial charge in [-0.1, -0.05) is 71.7 Å². The zero-order valence-corrected chi connectivity index (χ0v) is 18.8. The van der Waals surface area contributed by atoms with E-state index in [0.717, 1.165) is 5.56 Å². The number of carbonyl (C=O) groups is 1. The summed E-state index contributed by atoms with van der Waals surface area (Å²) in [6, 6.07) is 26.6. The number of halogens is 2. The van der Waals surface area contributed by atoms with Crippen LogP contribution in [-0.4, -0.2) is 22.7 Å². The summed E-state index contributed by atoms with van der Waals surface area (Å²) in [5, 5.41) is 20.1. The van der Waals surface area contributed by atoms with Gasteiger partial charge in [0.05, 0.1) is 10.0 Å². The van der Waals surface area contributed by atoms with Crippen LogP contribution in [0.1, 0.15) is 0 Å². The van der Waals surface area contributed by atoms with Crippen LogP contribution in [0.15, 0.2) is 91.0 Å². The number of para-hydroxylation sites is 1. The standard InChI is InChI=1S/C26H19Cl2NO4/c27-22-13-19(29(16-25(31)32)18-9-5-2-6-10-18)14-23(28)26(22)33-20-11-12-24(30)21(15-20)17-7-3-1-4-8-17/h1-15,30H,16H2,(H,31,32). The first kappa shape index (κ1) is 22.5. The largest absolute Gasteiger partial charge is 0.507 e. The maximum Gasteiger partial charge on any atom is 0.323 e. The van der Waals surface area contributed by atoms with Gasteiger partial charge in [0.25, 0.3) is 0 Å². The van der Waals surface area contributed by atoms with Gasteiger partial charge in [-0.05, 0) is 48.0 Å². The van der Waals surface area contributed by atoms with E-state index in [1.807, 2.05) is 48.5 Å². The molecule has 0 aliphatic heterocycles. The monoisotopic (exact) mass is 479 g/mol. The van der Waals surface area contributed by atoms with Crippen LogP contribution >= 0.6 is 23.2 Å². The molecule has 0 fully saturated rings. The molecule has 0 atom stereocenters. The van der Waals surface area contributed by atoms with Gasteiger partial charge in [0, 0.05) is 16.9 Å². The van der Waals surface area contributed by atoms with Crippen molar-refractivity contribution in [3.05, 3.63) is 101 Å². The topological polar surface area (TPSA) is 70.0 Å². The Bertz CT molecular complexity index is 1260. The zero-order chi connectivity index (χ0) is 23.4. The smallest absolute Gasteiger partial charge is 0.323 e. The maximum atomic E-state index is 11.5. The highest BCUT2D eigenvalue weighted by Gasteiger charge is 2.18. The van der Waals surface area contributed by atoms with Crippen molar-refractivity contribution < 1.29 is 19.7 Å². The molecule has 4 aromatic rings. The first-order valence-electron chi connectivity index (χ1n) is 10.0. The third-order valence-corrected chi connectivity index (χ3v) is 5.49. The van der Waals surface area contributed by atoms with Gasteiger partial charge < -0.3 is 19.8 Å². The Morgan fingerprint density at radius 2 is 1.42 bits per heavy atom. The second kappa shape index (κ2) is 9.86. The number of anilines is 2. The Morgan fingerprint density at radius 1 is 0.818 bits per heavy atom. The van der Waals surface area contributed by atoms with Crippen molar-refractivity contribution in [1.29, 1.82) is 0 Å². The molecule has 0 aliphatic carbocycles. The third kappa shape index (κ3) is 5.22. The number of phenols is 1. The predicted octanol–water partition coefficient (Wildman–Crippen LogP) is 7.38. The van der Waals surface area contributed by atoms with Crippen molar-refractivity contribution in [2.24, 2.45) is 0 Å². The van der Waals surface area contributed by atoms with Crippen LogP contribution in [0, 0.1) is 0 Å². The highest BCUT2D eigenvalue weighted by Crippen LogP contribution is 2.42. The summed E-state index contributed by atoms with van der Waals surface area (Å²) in [5.41, 5.74) is 2.64. The molecular weight excluding hydrogens is 461 g/mol. The molecule has 0 spiro atoms. The van der Waals surface area contributed by atoms with E-state index in [1.54, 1.807) is 41.3 Å². The van der Waals surface area contributed by atoms with Crippen LogP contribution < -0.4 is 9.64 Å². The van der Waals surface area contributed by atoms with Crippen LogP contribution in [0.4, 0.5) is 11.4 Å². The minimum atomic E-state index is -0.996. The Morgan fingerprint density at radius 3 is 2.03 bits per heavy atom. The molecule has 0 heterocycles. The number of carboxylic acid groups (broad SMARTS) is 1. The number of ether oxygens (including phenoxy) is 1. The number of aromatic hydroxyl groups is 1. The average Bonchev–Trinajstić information content (AvgIpc) is 2.82. The van der Waals surface area contributed by atoms with Gasteiger partial charge in [0.1, 0.15) is 18.0 Å². The fourth-order valence-electron chi connectivity index (χ4n) is 3.42. The van der Waals surface area contributed by atoms with Gasteiger partial charge >= 0.3 is 5.97 Å². The molecule has 166 valence electrons. The normalized spacial score (nSPS) is 10.6. The van der Waals surface area contributed by atoms with Gasteiger partial charge in [0.2, 0.25) is 0 Å². The van der Waals surface area contributed by atoms with Crippen LogP contribution in [0.3, 0.4) is 0 Å². The van der Waals surface area contributed by atoms with Crippen molar-refractivity contribution >= 4 is 40.5 Å². The van der Waals surface area contributed by atoms with Crippen molar-refractivity contribution in [3.63, 3.8) is 0 Å². The molecular formula is C26H19Cl2NO4. The highest BCUT2D eigenvalue weighted by molar-refractivity contribution is 6.37. The summed E-state index contributed by atoms with van der Waals surface area (Å²) in [6.07, 6.45) is 0. The molecule has 0 saturated heterocycles. The Labute approximate surface area is 201 Å². The number of aliphatic carboxylic acids is 1. The second-order valence-corrected chi connectivity index (χ2v) is 8.02. The summed E-state index contributed by atoms with van der Waals surface area (Å²) >= 11 is 13.0. The quantitative estimate of drug-likeness (QED) is 0.289.